The molecule has 0 unspecified atom stereocenters. The van der Waals surface area contributed by atoms with Gasteiger partial charge in [-0.3, -0.25) is 0 Å². The van der Waals surface area contributed by atoms with E-state index in [0.717, 1.165) is 52.2 Å². The minimum Gasteiger partial charge on any atom is -0.372 e. The molecule has 0 aliphatic rings. The van der Waals surface area contributed by atoms with Crippen LogP contribution in [0.3, 0.4) is 0 Å². The molecule has 5 rings (SSSR count). The summed E-state index contributed by atoms with van der Waals surface area (Å²) in [7, 11) is 0. The normalized spacial score (nSPS) is 11.1. The van der Waals surface area contributed by atoms with Crippen molar-refractivity contribution in [2.75, 3.05) is 23.3 Å². The number of nitrogens with zero attached hydrogens (tertiary/aromatic N) is 3. The summed E-state index contributed by atoms with van der Waals surface area (Å²) in [5, 5.41) is 3.53. The smallest absolute Gasteiger partial charge is 0.239 e. The zero-order valence-corrected chi connectivity index (χ0v) is 19.4. The summed E-state index contributed by atoms with van der Waals surface area (Å²) in [5.41, 5.74) is 9.83. The van der Waals surface area contributed by atoms with Gasteiger partial charge < -0.3 is 10.2 Å². The van der Waals surface area contributed by atoms with Crippen LogP contribution in [0, 0.1) is 6.92 Å². The molecule has 0 atom stereocenters. The van der Waals surface area contributed by atoms with Crippen molar-refractivity contribution in [3.63, 3.8) is 0 Å². The fourth-order valence-corrected chi connectivity index (χ4v) is 4.37. The number of para-hydroxylation sites is 1. The number of anilines is 3. The summed E-state index contributed by atoms with van der Waals surface area (Å²) < 4.78 is 2.33. The summed E-state index contributed by atoms with van der Waals surface area (Å²) in [6.07, 6.45) is 0. The highest BCUT2D eigenvalue weighted by Gasteiger charge is 2.21. The lowest BCUT2D eigenvalue weighted by Gasteiger charge is -2.20. The number of benzene rings is 4. The maximum Gasteiger partial charge on any atom is 0.239 e. The van der Waals surface area contributed by atoms with E-state index in [1.807, 2.05) is 18.2 Å². The van der Waals surface area contributed by atoms with Crippen LogP contribution in [0.4, 0.5) is 17.1 Å². The number of hydrogen-bond donors (Lipinski definition) is 1. The number of hydrogen-bond acceptors (Lipinski definition) is 3. The molecular formula is C29H29N4+. The number of fused-ring (bicyclic) bond motifs is 2. The molecule has 0 aliphatic carbocycles. The highest BCUT2D eigenvalue weighted by Crippen LogP contribution is 2.26. The van der Waals surface area contributed by atoms with Crippen molar-refractivity contribution in [3.05, 3.63) is 96.6 Å². The second-order valence-electron chi connectivity index (χ2n) is 8.32. The standard InChI is InChI=1S/C29H28N4/c1-4-32(5-2)25-16-18-27-29(20-25)33(24-14-11-21(3)12-15-24)28-19-23(13-17-26(28)31-27)30-22-9-7-6-8-10-22/h6-20H,4-5H2,1-3H3/p+1. The van der Waals surface area contributed by atoms with Crippen LogP contribution < -0.4 is 14.8 Å². The lowest BCUT2D eigenvalue weighted by Crippen LogP contribution is -2.33. The van der Waals surface area contributed by atoms with Crippen molar-refractivity contribution in [1.82, 2.24) is 4.98 Å². The number of aromatic nitrogens is 2. The number of nitrogens with one attached hydrogen (secondary N) is 1. The Balaban J connectivity index is 1.77. The zero-order valence-electron chi connectivity index (χ0n) is 19.4. The first-order valence-electron chi connectivity index (χ1n) is 11.6. The van der Waals surface area contributed by atoms with Crippen molar-refractivity contribution in [3.8, 4) is 5.69 Å². The fraction of sp³-hybridized carbons (Fsp3) is 0.172. The quantitative estimate of drug-likeness (QED) is 0.243. The van der Waals surface area contributed by atoms with Gasteiger partial charge in [-0.1, -0.05) is 35.9 Å². The van der Waals surface area contributed by atoms with Crippen molar-refractivity contribution < 1.29 is 4.57 Å². The maximum atomic E-state index is 5.01. The zero-order chi connectivity index (χ0) is 22.8. The van der Waals surface area contributed by atoms with Gasteiger partial charge >= 0.3 is 0 Å². The third kappa shape index (κ3) is 4.12. The summed E-state index contributed by atoms with van der Waals surface area (Å²) in [5.74, 6) is 0. The first-order valence-corrected chi connectivity index (χ1v) is 11.6. The first kappa shape index (κ1) is 21.0. The van der Waals surface area contributed by atoms with E-state index in [0.29, 0.717) is 0 Å². The summed E-state index contributed by atoms with van der Waals surface area (Å²) in [6, 6.07) is 32.0. The molecule has 0 amide bonds. The molecule has 0 bridgehead atoms. The van der Waals surface area contributed by atoms with Crippen LogP contribution in [0.2, 0.25) is 0 Å². The third-order valence-corrected chi connectivity index (χ3v) is 6.14. The van der Waals surface area contributed by atoms with E-state index >= 15 is 0 Å². The van der Waals surface area contributed by atoms with Crippen molar-refractivity contribution >= 4 is 39.1 Å². The highest BCUT2D eigenvalue weighted by molar-refractivity contribution is 5.86. The van der Waals surface area contributed by atoms with E-state index in [1.54, 1.807) is 0 Å². The summed E-state index contributed by atoms with van der Waals surface area (Å²) >= 11 is 0. The lowest BCUT2D eigenvalue weighted by atomic mass is 10.1. The van der Waals surface area contributed by atoms with E-state index in [-0.39, 0.29) is 0 Å². The Morgan fingerprint density at radius 1 is 0.727 bits per heavy atom. The molecule has 4 aromatic carbocycles. The van der Waals surface area contributed by atoms with E-state index in [4.69, 9.17) is 4.98 Å². The first-order chi connectivity index (χ1) is 16.2. The van der Waals surface area contributed by atoms with Crippen LogP contribution in [0.1, 0.15) is 19.4 Å². The van der Waals surface area contributed by atoms with Gasteiger partial charge in [0.25, 0.3) is 0 Å². The second kappa shape index (κ2) is 8.91. The van der Waals surface area contributed by atoms with Crippen LogP contribution in [0.5, 0.6) is 0 Å². The Labute approximate surface area is 195 Å². The molecule has 0 saturated heterocycles. The number of rotatable bonds is 6. The Morgan fingerprint density at radius 2 is 1.39 bits per heavy atom. The van der Waals surface area contributed by atoms with Gasteiger partial charge in [0, 0.05) is 54.4 Å². The average molecular weight is 434 g/mol. The van der Waals surface area contributed by atoms with Crippen LogP contribution in [-0.4, -0.2) is 18.1 Å². The van der Waals surface area contributed by atoms with Crippen LogP contribution in [0.15, 0.2) is 91.0 Å². The van der Waals surface area contributed by atoms with E-state index < -0.39 is 0 Å². The minimum atomic E-state index is 0.970. The van der Waals surface area contributed by atoms with Gasteiger partial charge in [-0.15, -0.1) is 4.57 Å². The monoisotopic (exact) mass is 433 g/mol. The van der Waals surface area contributed by atoms with Gasteiger partial charge in [0.1, 0.15) is 11.0 Å². The number of aryl methyl sites for hydroxylation is 1. The highest BCUT2D eigenvalue weighted by atomic mass is 15.1. The molecule has 5 aromatic rings. The lowest BCUT2D eigenvalue weighted by molar-refractivity contribution is -0.538. The Hall–Kier alpha value is -3.92. The minimum absolute atomic E-state index is 0.970. The van der Waals surface area contributed by atoms with Gasteiger partial charge in [0.05, 0.1) is 0 Å². The SMILES string of the molecule is CCN(CC)c1ccc2nc3ccc(Nc4ccccc4)cc3[n+](-c3ccc(C)cc3)c2c1. The summed E-state index contributed by atoms with van der Waals surface area (Å²) in [4.78, 5) is 7.39. The molecule has 4 heteroatoms. The maximum absolute atomic E-state index is 5.01. The van der Waals surface area contributed by atoms with E-state index in [9.17, 15) is 0 Å². The molecule has 164 valence electrons. The molecule has 33 heavy (non-hydrogen) atoms. The largest absolute Gasteiger partial charge is 0.372 e. The molecule has 0 radical (unpaired) electrons. The van der Waals surface area contributed by atoms with Gasteiger partial charge in [-0.2, -0.15) is 0 Å². The Morgan fingerprint density at radius 3 is 2.09 bits per heavy atom. The molecular weight excluding hydrogens is 404 g/mol. The van der Waals surface area contributed by atoms with Crippen molar-refractivity contribution in [2.24, 2.45) is 0 Å². The summed E-state index contributed by atoms with van der Waals surface area (Å²) in [6.45, 7) is 8.46. The van der Waals surface area contributed by atoms with Crippen LogP contribution in [0.25, 0.3) is 27.8 Å². The second-order valence-corrected chi connectivity index (χ2v) is 8.32. The molecule has 0 fully saturated rings. The molecule has 1 aromatic heterocycles. The predicted molar refractivity (Wildman–Crippen MR) is 139 cm³/mol. The topological polar surface area (TPSA) is 32.0 Å². The van der Waals surface area contributed by atoms with Crippen LogP contribution in [-0.2, 0) is 0 Å². The third-order valence-electron chi connectivity index (χ3n) is 6.14. The molecule has 1 heterocycles. The van der Waals surface area contributed by atoms with Gasteiger partial charge in [-0.05, 0) is 57.2 Å². The van der Waals surface area contributed by atoms with Crippen molar-refractivity contribution in [1.29, 1.82) is 0 Å². The van der Waals surface area contributed by atoms with E-state index in [2.05, 4.69) is 108 Å². The Kier molecular flexibility index (Phi) is 5.66. The van der Waals surface area contributed by atoms with E-state index in [1.165, 1.54) is 11.3 Å². The molecule has 0 aliphatic heterocycles. The molecule has 1 N–H and O–H groups in total. The molecule has 0 spiro atoms. The van der Waals surface area contributed by atoms with Crippen molar-refractivity contribution in [2.45, 2.75) is 20.8 Å². The predicted octanol–water partition coefficient (Wildman–Crippen LogP) is 6.56. The van der Waals surface area contributed by atoms with Gasteiger partial charge in [0.15, 0.2) is 0 Å². The van der Waals surface area contributed by atoms with Gasteiger partial charge in [-0.25, -0.2) is 4.98 Å². The van der Waals surface area contributed by atoms with Gasteiger partial charge in [0.2, 0.25) is 16.7 Å². The fourth-order valence-electron chi connectivity index (χ4n) is 4.37. The molecule has 4 nitrogen and oxygen atoms in total. The average Bonchev–Trinajstić information content (AvgIpc) is 2.85. The van der Waals surface area contributed by atoms with Crippen LogP contribution >= 0.6 is 0 Å². The molecule has 0 saturated carbocycles. The Bertz CT molecular complexity index is 1410.